The van der Waals surface area contributed by atoms with E-state index in [1.807, 2.05) is 17.8 Å². The highest BCUT2D eigenvalue weighted by Gasteiger charge is 2.00. The molecule has 0 spiro atoms. The van der Waals surface area contributed by atoms with Crippen molar-refractivity contribution < 1.29 is 5.11 Å². The molecule has 1 aromatic heterocycles. The standard InChI is InChI=1S/C12H21NOS/c1-2-9-15-10-5-3-4-6-11-7-8-13-12(11)14/h7-8,13-14H,2-6,9-10H2,1H3. The Labute approximate surface area is 96.5 Å². The van der Waals surface area contributed by atoms with E-state index in [1.165, 1.54) is 37.2 Å². The van der Waals surface area contributed by atoms with Gasteiger partial charge in [-0.3, -0.25) is 0 Å². The summed E-state index contributed by atoms with van der Waals surface area (Å²) in [7, 11) is 0. The molecule has 0 saturated carbocycles. The van der Waals surface area contributed by atoms with Crippen LogP contribution in [0.15, 0.2) is 12.3 Å². The lowest BCUT2D eigenvalue weighted by atomic mass is 10.1. The average Bonchev–Trinajstić information content (AvgIpc) is 2.63. The Morgan fingerprint density at radius 2 is 2.13 bits per heavy atom. The quantitative estimate of drug-likeness (QED) is 0.666. The molecule has 0 aliphatic rings. The van der Waals surface area contributed by atoms with Crippen LogP contribution < -0.4 is 0 Å². The van der Waals surface area contributed by atoms with Gasteiger partial charge in [-0.15, -0.1) is 0 Å². The van der Waals surface area contributed by atoms with Gasteiger partial charge in [-0.25, -0.2) is 0 Å². The minimum Gasteiger partial charge on any atom is -0.494 e. The van der Waals surface area contributed by atoms with Gasteiger partial charge in [-0.1, -0.05) is 13.3 Å². The number of nitrogens with one attached hydrogen (secondary N) is 1. The number of unbranched alkanes of at least 4 members (excludes halogenated alkanes) is 2. The Kier molecular flexibility index (Phi) is 6.41. The number of rotatable bonds is 8. The lowest BCUT2D eigenvalue weighted by Crippen LogP contribution is -1.87. The number of thioether (sulfide) groups is 1. The number of aryl methyl sites for hydroxylation is 1. The van der Waals surface area contributed by atoms with E-state index in [4.69, 9.17) is 0 Å². The molecule has 86 valence electrons. The Bertz CT molecular complexity index is 260. The molecule has 2 nitrogen and oxygen atoms in total. The topological polar surface area (TPSA) is 36.0 Å². The van der Waals surface area contributed by atoms with Gasteiger partial charge in [0.1, 0.15) is 0 Å². The maximum absolute atomic E-state index is 9.36. The van der Waals surface area contributed by atoms with E-state index >= 15 is 0 Å². The van der Waals surface area contributed by atoms with Gasteiger partial charge in [0.2, 0.25) is 0 Å². The summed E-state index contributed by atoms with van der Waals surface area (Å²) in [5.74, 6) is 2.92. The van der Waals surface area contributed by atoms with E-state index in [0.717, 1.165) is 12.0 Å². The fourth-order valence-corrected chi connectivity index (χ4v) is 2.44. The van der Waals surface area contributed by atoms with Crippen LogP contribution in [0.25, 0.3) is 0 Å². The van der Waals surface area contributed by atoms with Crippen LogP contribution >= 0.6 is 11.8 Å². The van der Waals surface area contributed by atoms with E-state index in [1.54, 1.807) is 6.20 Å². The van der Waals surface area contributed by atoms with Crippen molar-refractivity contribution in [3.8, 4) is 5.88 Å². The van der Waals surface area contributed by atoms with Crippen LogP contribution in [0.4, 0.5) is 0 Å². The molecule has 1 rings (SSSR count). The van der Waals surface area contributed by atoms with Crippen molar-refractivity contribution in [2.45, 2.75) is 39.0 Å². The molecule has 3 heteroatoms. The van der Waals surface area contributed by atoms with Gasteiger partial charge < -0.3 is 10.1 Å². The molecule has 15 heavy (non-hydrogen) atoms. The molecule has 0 atom stereocenters. The summed E-state index contributed by atoms with van der Waals surface area (Å²) in [6.07, 6.45) is 7.81. The normalized spacial score (nSPS) is 10.7. The van der Waals surface area contributed by atoms with Crippen LogP contribution in [0.3, 0.4) is 0 Å². The summed E-state index contributed by atoms with van der Waals surface area (Å²) in [6, 6.07) is 1.96. The van der Waals surface area contributed by atoms with Crippen molar-refractivity contribution in [1.29, 1.82) is 0 Å². The lowest BCUT2D eigenvalue weighted by molar-refractivity contribution is 0.449. The third-order valence-corrected chi connectivity index (χ3v) is 3.67. The second-order valence-electron chi connectivity index (χ2n) is 3.77. The van der Waals surface area contributed by atoms with Gasteiger partial charge >= 0.3 is 0 Å². The Morgan fingerprint density at radius 1 is 1.27 bits per heavy atom. The maximum Gasteiger partial charge on any atom is 0.191 e. The fraction of sp³-hybridized carbons (Fsp3) is 0.667. The molecule has 0 unspecified atom stereocenters. The second-order valence-corrected chi connectivity index (χ2v) is 5.00. The average molecular weight is 227 g/mol. The van der Waals surface area contributed by atoms with E-state index in [9.17, 15) is 5.11 Å². The number of hydrogen-bond acceptors (Lipinski definition) is 2. The van der Waals surface area contributed by atoms with Crippen molar-refractivity contribution in [2.75, 3.05) is 11.5 Å². The molecule has 0 saturated heterocycles. The summed E-state index contributed by atoms with van der Waals surface area (Å²) in [6.45, 7) is 2.22. The van der Waals surface area contributed by atoms with Gasteiger partial charge in [0.15, 0.2) is 5.88 Å². The van der Waals surface area contributed by atoms with Crippen LogP contribution in [0, 0.1) is 0 Å². The van der Waals surface area contributed by atoms with E-state index in [-0.39, 0.29) is 0 Å². The molecule has 1 heterocycles. The predicted octanol–water partition coefficient (Wildman–Crippen LogP) is 3.58. The van der Waals surface area contributed by atoms with Crippen LogP contribution in [0.5, 0.6) is 5.88 Å². The van der Waals surface area contributed by atoms with Crippen molar-refractivity contribution in [3.63, 3.8) is 0 Å². The molecule has 0 amide bonds. The monoisotopic (exact) mass is 227 g/mol. The number of aromatic nitrogens is 1. The first kappa shape index (κ1) is 12.5. The van der Waals surface area contributed by atoms with Crippen molar-refractivity contribution >= 4 is 11.8 Å². The zero-order chi connectivity index (χ0) is 10.9. The molecule has 0 fully saturated rings. The van der Waals surface area contributed by atoms with Crippen LogP contribution in [0.1, 0.15) is 38.2 Å². The predicted molar refractivity (Wildman–Crippen MR) is 67.6 cm³/mol. The van der Waals surface area contributed by atoms with Gasteiger partial charge in [-0.2, -0.15) is 11.8 Å². The maximum atomic E-state index is 9.36. The Balaban J connectivity index is 1.96. The highest BCUT2D eigenvalue weighted by atomic mass is 32.2. The molecule has 1 aromatic rings. The number of H-pyrrole nitrogens is 1. The minimum absolute atomic E-state index is 0.343. The SMILES string of the molecule is CCCSCCCCCc1cc[nH]c1O. The van der Waals surface area contributed by atoms with Gasteiger partial charge in [0, 0.05) is 11.8 Å². The first-order valence-electron chi connectivity index (χ1n) is 5.77. The molecule has 0 aromatic carbocycles. The summed E-state index contributed by atoms with van der Waals surface area (Å²) in [5, 5.41) is 9.36. The molecule has 0 bridgehead atoms. The van der Waals surface area contributed by atoms with Gasteiger partial charge in [-0.05, 0) is 43.3 Å². The summed E-state index contributed by atoms with van der Waals surface area (Å²) in [4.78, 5) is 2.79. The highest BCUT2D eigenvalue weighted by Crippen LogP contribution is 2.17. The number of hydrogen-bond donors (Lipinski definition) is 2. The third kappa shape index (κ3) is 5.17. The van der Waals surface area contributed by atoms with Crippen LogP contribution in [-0.2, 0) is 6.42 Å². The molecule has 0 radical (unpaired) electrons. The molecule has 2 N–H and O–H groups in total. The number of aromatic amines is 1. The van der Waals surface area contributed by atoms with E-state index < -0.39 is 0 Å². The molecule has 0 aliphatic carbocycles. The highest BCUT2D eigenvalue weighted by molar-refractivity contribution is 7.99. The Morgan fingerprint density at radius 3 is 2.80 bits per heavy atom. The first-order valence-corrected chi connectivity index (χ1v) is 6.93. The summed E-state index contributed by atoms with van der Waals surface area (Å²) in [5.41, 5.74) is 1.05. The minimum atomic E-state index is 0.343. The van der Waals surface area contributed by atoms with Crippen LogP contribution in [-0.4, -0.2) is 21.6 Å². The zero-order valence-corrected chi connectivity index (χ0v) is 10.3. The largest absolute Gasteiger partial charge is 0.494 e. The Hall–Kier alpha value is -0.570. The third-order valence-electron chi connectivity index (χ3n) is 2.39. The van der Waals surface area contributed by atoms with E-state index in [2.05, 4.69) is 11.9 Å². The van der Waals surface area contributed by atoms with Crippen LogP contribution in [0.2, 0.25) is 0 Å². The molecule has 0 aliphatic heterocycles. The fourth-order valence-electron chi connectivity index (χ4n) is 1.54. The van der Waals surface area contributed by atoms with E-state index in [0.29, 0.717) is 5.88 Å². The van der Waals surface area contributed by atoms with Crippen molar-refractivity contribution in [1.82, 2.24) is 4.98 Å². The first-order chi connectivity index (χ1) is 7.34. The second kappa shape index (κ2) is 7.69. The number of aromatic hydroxyl groups is 1. The zero-order valence-electron chi connectivity index (χ0n) is 9.46. The summed E-state index contributed by atoms with van der Waals surface area (Å²) >= 11 is 2.05. The van der Waals surface area contributed by atoms with Crippen molar-refractivity contribution in [3.05, 3.63) is 17.8 Å². The van der Waals surface area contributed by atoms with Gasteiger partial charge in [0.05, 0.1) is 0 Å². The van der Waals surface area contributed by atoms with Gasteiger partial charge in [0.25, 0.3) is 0 Å². The lowest BCUT2D eigenvalue weighted by Gasteiger charge is -2.00. The molecular formula is C12H21NOS. The summed E-state index contributed by atoms with van der Waals surface area (Å²) < 4.78 is 0. The molecular weight excluding hydrogens is 206 g/mol. The van der Waals surface area contributed by atoms with Crippen molar-refractivity contribution in [2.24, 2.45) is 0 Å². The smallest absolute Gasteiger partial charge is 0.191 e.